The summed E-state index contributed by atoms with van der Waals surface area (Å²) in [6.07, 6.45) is 4.10. The van der Waals surface area contributed by atoms with Crippen LogP contribution in [0.2, 0.25) is 0 Å². The summed E-state index contributed by atoms with van der Waals surface area (Å²) in [5.74, 6) is 0.489. The molecule has 136 valence electrons. The highest BCUT2D eigenvalue weighted by atomic mass is 35.5. The molecule has 1 aliphatic carbocycles. The largest absolute Gasteiger partial charge is 0.356 e. The number of likely N-dealkylation sites (N-methyl/N-ethyl adjacent to an activating group) is 1. The SMILES string of the molecule is CN1CCN(C(=O)CCNC(=O)C[C@@H]2CCC[C@H]2N)CC1.Cl.Cl. The topological polar surface area (TPSA) is 78.7 Å². The number of amides is 2. The van der Waals surface area contributed by atoms with Gasteiger partial charge in [0.2, 0.25) is 11.8 Å². The molecule has 8 heteroatoms. The molecule has 2 aliphatic rings. The Morgan fingerprint density at radius 1 is 1.13 bits per heavy atom. The molecule has 2 rings (SSSR count). The monoisotopic (exact) mass is 368 g/mol. The summed E-state index contributed by atoms with van der Waals surface area (Å²) in [4.78, 5) is 28.0. The van der Waals surface area contributed by atoms with E-state index < -0.39 is 0 Å². The maximum Gasteiger partial charge on any atom is 0.224 e. The highest BCUT2D eigenvalue weighted by Crippen LogP contribution is 2.26. The van der Waals surface area contributed by atoms with Crippen molar-refractivity contribution in [3.63, 3.8) is 0 Å². The zero-order chi connectivity index (χ0) is 15.2. The van der Waals surface area contributed by atoms with Crippen LogP contribution in [-0.2, 0) is 9.59 Å². The molecule has 0 unspecified atom stereocenters. The number of hydrogen-bond acceptors (Lipinski definition) is 4. The highest BCUT2D eigenvalue weighted by Gasteiger charge is 2.26. The molecule has 0 radical (unpaired) electrons. The Kier molecular flexibility index (Phi) is 10.8. The van der Waals surface area contributed by atoms with E-state index in [-0.39, 0.29) is 42.7 Å². The van der Waals surface area contributed by atoms with E-state index in [9.17, 15) is 9.59 Å². The van der Waals surface area contributed by atoms with Gasteiger partial charge < -0.3 is 20.9 Å². The number of nitrogens with one attached hydrogen (secondary N) is 1. The van der Waals surface area contributed by atoms with Crippen molar-refractivity contribution in [3.8, 4) is 0 Å². The highest BCUT2D eigenvalue weighted by molar-refractivity contribution is 5.85. The van der Waals surface area contributed by atoms with Crippen molar-refractivity contribution < 1.29 is 9.59 Å². The fraction of sp³-hybridized carbons (Fsp3) is 0.867. The molecule has 1 aliphatic heterocycles. The van der Waals surface area contributed by atoms with Crippen LogP contribution >= 0.6 is 24.8 Å². The molecule has 2 fully saturated rings. The van der Waals surface area contributed by atoms with Gasteiger partial charge in [0.1, 0.15) is 0 Å². The third-order valence-corrected chi connectivity index (χ3v) is 4.68. The Bertz CT molecular complexity index is 376. The van der Waals surface area contributed by atoms with Crippen LogP contribution in [0.1, 0.15) is 32.1 Å². The fourth-order valence-electron chi connectivity index (χ4n) is 3.15. The summed E-state index contributed by atoms with van der Waals surface area (Å²) < 4.78 is 0. The number of carbonyl (C=O) groups is 2. The molecule has 0 bridgehead atoms. The van der Waals surface area contributed by atoms with Gasteiger partial charge in [-0.15, -0.1) is 24.8 Å². The van der Waals surface area contributed by atoms with E-state index in [2.05, 4.69) is 17.3 Å². The molecule has 1 saturated carbocycles. The van der Waals surface area contributed by atoms with Crippen molar-refractivity contribution in [1.29, 1.82) is 0 Å². The Hall–Kier alpha value is -0.560. The molecule has 23 heavy (non-hydrogen) atoms. The number of carbonyl (C=O) groups excluding carboxylic acids is 2. The first kappa shape index (κ1) is 22.4. The molecular formula is C15H30Cl2N4O2. The van der Waals surface area contributed by atoms with E-state index in [1.54, 1.807) is 0 Å². The summed E-state index contributed by atoms with van der Waals surface area (Å²) in [5, 5.41) is 2.86. The molecule has 6 nitrogen and oxygen atoms in total. The Labute approximate surface area is 151 Å². The Morgan fingerprint density at radius 3 is 2.35 bits per heavy atom. The maximum absolute atomic E-state index is 12.0. The molecule has 3 N–H and O–H groups in total. The van der Waals surface area contributed by atoms with Crippen molar-refractivity contribution in [3.05, 3.63) is 0 Å². The van der Waals surface area contributed by atoms with Crippen LogP contribution in [0, 0.1) is 5.92 Å². The van der Waals surface area contributed by atoms with Crippen molar-refractivity contribution in [1.82, 2.24) is 15.1 Å². The van der Waals surface area contributed by atoms with Gasteiger partial charge in [0.15, 0.2) is 0 Å². The third kappa shape index (κ3) is 7.25. The van der Waals surface area contributed by atoms with Crippen LogP contribution in [0.15, 0.2) is 0 Å². The lowest BCUT2D eigenvalue weighted by Gasteiger charge is -2.32. The van der Waals surface area contributed by atoms with Crippen molar-refractivity contribution in [2.75, 3.05) is 39.8 Å². The van der Waals surface area contributed by atoms with Gasteiger partial charge in [-0.25, -0.2) is 0 Å². The smallest absolute Gasteiger partial charge is 0.224 e. The van der Waals surface area contributed by atoms with Crippen LogP contribution in [0.5, 0.6) is 0 Å². The van der Waals surface area contributed by atoms with Gasteiger partial charge >= 0.3 is 0 Å². The maximum atomic E-state index is 12.0. The van der Waals surface area contributed by atoms with Crippen molar-refractivity contribution in [2.45, 2.75) is 38.1 Å². The first-order valence-corrected chi connectivity index (χ1v) is 8.05. The second kappa shape index (κ2) is 11.1. The Balaban J connectivity index is 0.00000242. The molecule has 1 heterocycles. The van der Waals surface area contributed by atoms with E-state index in [4.69, 9.17) is 5.73 Å². The van der Waals surface area contributed by atoms with E-state index >= 15 is 0 Å². The minimum atomic E-state index is 0. The summed E-state index contributed by atoms with van der Waals surface area (Å²) in [5.41, 5.74) is 5.97. The number of nitrogens with two attached hydrogens (primary N) is 1. The number of piperazine rings is 1. The van der Waals surface area contributed by atoms with Crippen LogP contribution < -0.4 is 11.1 Å². The normalized spacial score (nSPS) is 24.5. The number of hydrogen-bond donors (Lipinski definition) is 2. The van der Waals surface area contributed by atoms with Crippen LogP contribution in [0.3, 0.4) is 0 Å². The van der Waals surface area contributed by atoms with Crippen LogP contribution in [0.25, 0.3) is 0 Å². The second-order valence-corrected chi connectivity index (χ2v) is 6.34. The molecular weight excluding hydrogens is 339 g/mol. The zero-order valence-corrected chi connectivity index (χ0v) is 15.5. The standard InChI is InChI=1S/C15H28N4O2.2ClH/c1-18-7-9-19(10-8-18)15(21)5-6-17-14(20)11-12-3-2-4-13(12)16;;/h12-13H,2-11,16H2,1H3,(H,17,20);2*1H/t12-,13+;;/m0../s1. The average Bonchev–Trinajstić information content (AvgIpc) is 2.85. The molecule has 2 atom stereocenters. The lowest BCUT2D eigenvalue weighted by atomic mass is 10.00. The molecule has 0 aromatic carbocycles. The molecule has 1 saturated heterocycles. The van der Waals surface area contributed by atoms with Crippen LogP contribution in [-0.4, -0.2) is 67.4 Å². The minimum absolute atomic E-state index is 0. The molecule has 2 amide bonds. The summed E-state index contributed by atoms with van der Waals surface area (Å²) in [6.45, 7) is 3.88. The van der Waals surface area contributed by atoms with Gasteiger partial charge in [0.25, 0.3) is 0 Å². The number of rotatable bonds is 5. The number of nitrogens with zero attached hydrogens (tertiary/aromatic N) is 2. The summed E-state index contributed by atoms with van der Waals surface area (Å²) in [7, 11) is 2.07. The average molecular weight is 369 g/mol. The molecule has 0 aromatic heterocycles. The van der Waals surface area contributed by atoms with E-state index in [1.165, 1.54) is 0 Å². The van der Waals surface area contributed by atoms with Gasteiger partial charge in [-0.2, -0.15) is 0 Å². The molecule has 0 spiro atoms. The third-order valence-electron chi connectivity index (χ3n) is 4.68. The van der Waals surface area contributed by atoms with Crippen LogP contribution in [0.4, 0.5) is 0 Å². The van der Waals surface area contributed by atoms with E-state index in [0.717, 1.165) is 45.4 Å². The van der Waals surface area contributed by atoms with E-state index in [1.807, 2.05) is 4.90 Å². The van der Waals surface area contributed by atoms with E-state index in [0.29, 0.717) is 25.3 Å². The van der Waals surface area contributed by atoms with Crippen molar-refractivity contribution in [2.24, 2.45) is 11.7 Å². The zero-order valence-electron chi connectivity index (χ0n) is 13.8. The predicted molar refractivity (Wildman–Crippen MR) is 96.1 cm³/mol. The van der Waals surface area contributed by atoms with Gasteiger partial charge in [-0.1, -0.05) is 6.42 Å². The second-order valence-electron chi connectivity index (χ2n) is 6.34. The van der Waals surface area contributed by atoms with Gasteiger partial charge in [0.05, 0.1) is 0 Å². The first-order valence-electron chi connectivity index (χ1n) is 8.05. The van der Waals surface area contributed by atoms with Gasteiger partial charge in [-0.3, -0.25) is 9.59 Å². The first-order chi connectivity index (χ1) is 10.1. The summed E-state index contributed by atoms with van der Waals surface area (Å²) in [6, 6.07) is 0.169. The molecule has 0 aromatic rings. The quantitative estimate of drug-likeness (QED) is 0.745. The van der Waals surface area contributed by atoms with Crippen molar-refractivity contribution >= 4 is 36.6 Å². The predicted octanol–water partition coefficient (Wildman–Crippen LogP) is 0.628. The minimum Gasteiger partial charge on any atom is -0.356 e. The lowest BCUT2D eigenvalue weighted by Crippen LogP contribution is -2.47. The lowest BCUT2D eigenvalue weighted by molar-refractivity contribution is -0.132. The number of halogens is 2. The Morgan fingerprint density at radius 2 is 1.78 bits per heavy atom. The van der Waals surface area contributed by atoms with Gasteiger partial charge in [-0.05, 0) is 25.8 Å². The van der Waals surface area contributed by atoms with Gasteiger partial charge in [0, 0.05) is 51.6 Å². The summed E-state index contributed by atoms with van der Waals surface area (Å²) >= 11 is 0. The fourth-order valence-corrected chi connectivity index (χ4v) is 3.15.